The van der Waals surface area contributed by atoms with Crippen LogP contribution in [0.25, 0.3) is 0 Å². The van der Waals surface area contributed by atoms with Gasteiger partial charge < -0.3 is 11.5 Å². The number of hydrogen-bond donors (Lipinski definition) is 2. The molecule has 0 fully saturated rings. The lowest BCUT2D eigenvalue weighted by Crippen LogP contribution is -2.22. The summed E-state index contributed by atoms with van der Waals surface area (Å²) >= 11 is 0. The summed E-state index contributed by atoms with van der Waals surface area (Å²) in [5, 5.41) is 7.16. The molecular formula is C10H12N4O. The predicted molar refractivity (Wildman–Crippen MR) is 59.5 cm³/mol. The second-order valence-electron chi connectivity index (χ2n) is 2.90. The Balaban J connectivity index is 3.10. The minimum Gasteiger partial charge on any atom is -0.369 e. The third-order valence-electron chi connectivity index (χ3n) is 1.65. The van der Waals surface area contributed by atoms with E-state index in [1.54, 1.807) is 12.1 Å². The number of hydrogen-bond acceptors (Lipinski definition) is 3. The maximum absolute atomic E-state index is 11.3. The number of Topliss-reactive ketones (excluding diaryl/α,β-unsaturated/α-hetero) is 1. The van der Waals surface area contributed by atoms with Gasteiger partial charge in [0.1, 0.15) is 5.71 Å². The molecule has 5 nitrogen and oxygen atoms in total. The highest BCUT2D eigenvalue weighted by Gasteiger charge is 2.08. The minimum absolute atomic E-state index is 0.176. The molecule has 4 N–H and O–H groups in total. The van der Waals surface area contributed by atoms with Gasteiger partial charge >= 0.3 is 0 Å². The molecule has 0 atom stereocenters. The van der Waals surface area contributed by atoms with E-state index < -0.39 is 0 Å². The van der Waals surface area contributed by atoms with Gasteiger partial charge in [-0.1, -0.05) is 30.3 Å². The largest absolute Gasteiger partial charge is 0.369 e. The molecule has 0 aliphatic heterocycles. The fourth-order valence-electron chi connectivity index (χ4n) is 1.04. The molecule has 0 bridgehead atoms. The van der Waals surface area contributed by atoms with Crippen molar-refractivity contribution < 1.29 is 4.79 Å². The maximum Gasteiger partial charge on any atom is 0.211 e. The van der Waals surface area contributed by atoms with Gasteiger partial charge in [-0.3, -0.25) is 4.79 Å². The van der Waals surface area contributed by atoms with Crippen molar-refractivity contribution in [3.8, 4) is 0 Å². The average molecular weight is 204 g/mol. The van der Waals surface area contributed by atoms with Gasteiger partial charge in [-0.15, -0.1) is 10.2 Å². The Morgan fingerprint density at radius 2 is 1.73 bits per heavy atom. The second-order valence-corrected chi connectivity index (χ2v) is 2.90. The number of carbonyl (C=O) groups is 1. The quantitative estimate of drug-likeness (QED) is 0.420. The number of nitrogens with zero attached hydrogens (tertiary/aromatic N) is 2. The van der Waals surface area contributed by atoms with Crippen LogP contribution in [-0.4, -0.2) is 17.5 Å². The average Bonchev–Trinajstić information content (AvgIpc) is 2.18. The van der Waals surface area contributed by atoms with Crippen molar-refractivity contribution in [3.63, 3.8) is 0 Å². The Kier molecular flexibility index (Phi) is 3.56. The molecule has 0 aromatic heterocycles. The van der Waals surface area contributed by atoms with Crippen LogP contribution < -0.4 is 11.5 Å². The third kappa shape index (κ3) is 3.22. The topological polar surface area (TPSA) is 93.8 Å². The zero-order chi connectivity index (χ0) is 11.3. The summed E-state index contributed by atoms with van der Waals surface area (Å²) < 4.78 is 0. The van der Waals surface area contributed by atoms with Gasteiger partial charge in [0.05, 0.1) is 0 Å². The zero-order valence-corrected chi connectivity index (χ0v) is 8.34. The van der Waals surface area contributed by atoms with Crippen molar-refractivity contribution in [2.24, 2.45) is 21.7 Å². The normalized spacial score (nSPS) is 10.9. The smallest absolute Gasteiger partial charge is 0.211 e. The molecule has 0 spiro atoms. The minimum atomic E-state index is -0.189. The highest BCUT2D eigenvalue weighted by Crippen LogP contribution is 2.02. The lowest BCUT2D eigenvalue weighted by Gasteiger charge is -1.99. The molecule has 0 heterocycles. The Labute approximate surface area is 87.5 Å². The van der Waals surface area contributed by atoms with E-state index in [-0.39, 0.29) is 17.5 Å². The van der Waals surface area contributed by atoms with E-state index in [4.69, 9.17) is 11.5 Å². The summed E-state index contributed by atoms with van der Waals surface area (Å²) in [6.07, 6.45) is 0. The van der Waals surface area contributed by atoms with Crippen molar-refractivity contribution in [3.05, 3.63) is 35.9 Å². The summed E-state index contributed by atoms with van der Waals surface area (Å²) in [6, 6.07) is 9.00. The van der Waals surface area contributed by atoms with Crippen LogP contribution >= 0.6 is 0 Å². The van der Waals surface area contributed by atoms with Crippen LogP contribution in [0.2, 0.25) is 0 Å². The van der Waals surface area contributed by atoms with Crippen molar-refractivity contribution in [2.45, 2.75) is 6.92 Å². The monoisotopic (exact) mass is 204 g/mol. The Hall–Kier alpha value is -2.17. The molecule has 15 heavy (non-hydrogen) atoms. The van der Waals surface area contributed by atoms with Gasteiger partial charge in [-0.25, -0.2) is 0 Å². The first-order valence-electron chi connectivity index (χ1n) is 4.34. The van der Waals surface area contributed by atoms with Crippen LogP contribution in [0.15, 0.2) is 40.5 Å². The lowest BCUT2D eigenvalue weighted by atomic mass is 10.1. The van der Waals surface area contributed by atoms with E-state index >= 15 is 0 Å². The summed E-state index contributed by atoms with van der Waals surface area (Å²) in [5.74, 6) is -0.365. The molecule has 0 saturated heterocycles. The van der Waals surface area contributed by atoms with Crippen molar-refractivity contribution >= 4 is 17.5 Å². The van der Waals surface area contributed by atoms with Crippen LogP contribution in [0.5, 0.6) is 0 Å². The zero-order valence-electron chi connectivity index (χ0n) is 8.34. The fourth-order valence-corrected chi connectivity index (χ4v) is 1.04. The standard InChI is InChI=1S/C10H12N4O/c1-7(15)9(13-14-10(11)12)8-5-3-2-4-6-8/h2-6H,1H3,(H4,11,12,14)/b13-9-. The molecule has 1 aromatic carbocycles. The Bertz CT molecular complexity index is 405. The third-order valence-corrected chi connectivity index (χ3v) is 1.65. The molecule has 0 radical (unpaired) electrons. The van der Waals surface area contributed by atoms with E-state index in [9.17, 15) is 4.79 Å². The van der Waals surface area contributed by atoms with Gasteiger partial charge in [-0.2, -0.15) is 0 Å². The number of carbonyl (C=O) groups excluding carboxylic acids is 1. The molecule has 0 amide bonds. The lowest BCUT2D eigenvalue weighted by molar-refractivity contribution is -0.111. The van der Waals surface area contributed by atoms with Gasteiger partial charge in [0.15, 0.2) is 5.78 Å². The fraction of sp³-hybridized carbons (Fsp3) is 0.100. The van der Waals surface area contributed by atoms with Crippen LogP contribution in [0.1, 0.15) is 12.5 Å². The highest BCUT2D eigenvalue weighted by atomic mass is 16.1. The van der Waals surface area contributed by atoms with Crippen LogP contribution in [0, 0.1) is 0 Å². The molecule has 5 heteroatoms. The Morgan fingerprint density at radius 1 is 1.13 bits per heavy atom. The van der Waals surface area contributed by atoms with E-state index in [2.05, 4.69) is 10.2 Å². The van der Waals surface area contributed by atoms with E-state index in [1.807, 2.05) is 18.2 Å². The number of benzene rings is 1. The van der Waals surface area contributed by atoms with E-state index in [0.717, 1.165) is 0 Å². The molecule has 1 aromatic rings. The molecule has 0 unspecified atom stereocenters. The maximum atomic E-state index is 11.3. The summed E-state index contributed by atoms with van der Waals surface area (Å²) in [7, 11) is 0. The predicted octanol–water partition coefficient (Wildman–Crippen LogP) is 0.253. The highest BCUT2D eigenvalue weighted by molar-refractivity contribution is 6.45. The molecular weight excluding hydrogens is 192 g/mol. The molecule has 0 aliphatic rings. The molecule has 0 saturated carbocycles. The van der Waals surface area contributed by atoms with E-state index in [0.29, 0.717) is 5.56 Å². The van der Waals surface area contributed by atoms with Crippen LogP contribution in [-0.2, 0) is 4.79 Å². The van der Waals surface area contributed by atoms with Crippen molar-refractivity contribution in [1.29, 1.82) is 0 Å². The first-order valence-corrected chi connectivity index (χ1v) is 4.34. The van der Waals surface area contributed by atoms with Gasteiger partial charge in [-0.05, 0) is 0 Å². The van der Waals surface area contributed by atoms with Crippen molar-refractivity contribution in [2.75, 3.05) is 0 Å². The van der Waals surface area contributed by atoms with E-state index in [1.165, 1.54) is 6.92 Å². The van der Waals surface area contributed by atoms with Gasteiger partial charge in [0.25, 0.3) is 0 Å². The summed E-state index contributed by atoms with van der Waals surface area (Å²) in [5.41, 5.74) is 11.2. The van der Waals surface area contributed by atoms with Crippen LogP contribution in [0.3, 0.4) is 0 Å². The van der Waals surface area contributed by atoms with Crippen molar-refractivity contribution in [1.82, 2.24) is 0 Å². The molecule has 1 rings (SSSR count). The summed E-state index contributed by atoms with van der Waals surface area (Å²) in [4.78, 5) is 11.3. The number of guanidine groups is 1. The first kappa shape index (κ1) is 10.9. The number of nitrogens with two attached hydrogens (primary N) is 2. The summed E-state index contributed by atoms with van der Waals surface area (Å²) in [6.45, 7) is 1.41. The SMILES string of the molecule is CC(=O)/C(=N/N=C(N)N)c1ccccc1. The van der Waals surface area contributed by atoms with Crippen LogP contribution in [0.4, 0.5) is 0 Å². The molecule has 78 valence electrons. The number of rotatable bonds is 3. The second kappa shape index (κ2) is 4.90. The Morgan fingerprint density at radius 3 is 2.20 bits per heavy atom. The van der Waals surface area contributed by atoms with Gasteiger partial charge in [0.2, 0.25) is 5.96 Å². The molecule has 0 aliphatic carbocycles. The first-order chi connectivity index (χ1) is 7.11. The van der Waals surface area contributed by atoms with Gasteiger partial charge in [0, 0.05) is 12.5 Å². The number of ketones is 1.